The number of nitrogens with zero attached hydrogens (tertiary/aromatic N) is 6. The van der Waals surface area contributed by atoms with Crippen LogP contribution in [0.1, 0.15) is 6.92 Å². The highest BCUT2D eigenvalue weighted by molar-refractivity contribution is 7.90. The van der Waals surface area contributed by atoms with Crippen LogP contribution in [0.25, 0.3) is 5.65 Å². The zero-order chi connectivity index (χ0) is 15.7. The quantitative estimate of drug-likeness (QED) is 0.762. The van der Waals surface area contributed by atoms with E-state index >= 15 is 0 Å². The number of sulfone groups is 1. The van der Waals surface area contributed by atoms with Crippen LogP contribution in [0.3, 0.4) is 0 Å². The molecule has 3 heterocycles. The predicted octanol–water partition coefficient (Wildman–Crippen LogP) is -0.321. The van der Waals surface area contributed by atoms with Crippen molar-refractivity contribution in [3.8, 4) is 0 Å². The van der Waals surface area contributed by atoms with Gasteiger partial charge in [0.25, 0.3) is 0 Å². The van der Waals surface area contributed by atoms with Gasteiger partial charge < -0.3 is 4.90 Å². The Kier molecular flexibility index (Phi) is 4.00. The number of hydrogen-bond acceptors (Lipinski definition) is 7. The van der Waals surface area contributed by atoms with Crippen molar-refractivity contribution in [2.45, 2.75) is 13.0 Å². The number of rotatable bonds is 4. The monoisotopic (exact) mass is 324 g/mol. The van der Waals surface area contributed by atoms with E-state index in [-0.39, 0.29) is 11.8 Å². The maximum absolute atomic E-state index is 11.3. The number of aromatic nitrogens is 4. The van der Waals surface area contributed by atoms with Gasteiger partial charge in [0, 0.05) is 38.5 Å². The maximum Gasteiger partial charge on any atom is 0.177 e. The molecule has 0 aliphatic carbocycles. The Hall–Kier alpha value is -1.74. The molecule has 2 aromatic heterocycles. The van der Waals surface area contributed by atoms with Gasteiger partial charge in [-0.3, -0.25) is 4.90 Å². The molecule has 1 aliphatic rings. The first-order chi connectivity index (χ1) is 10.4. The second-order valence-electron chi connectivity index (χ2n) is 5.80. The molecule has 0 saturated carbocycles. The van der Waals surface area contributed by atoms with Crippen LogP contribution in [0.15, 0.2) is 18.5 Å². The summed E-state index contributed by atoms with van der Waals surface area (Å²) in [6, 6.07) is 4.12. The van der Waals surface area contributed by atoms with Crippen LogP contribution in [-0.2, 0) is 9.84 Å². The van der Waals surface area contributed by atoms with Crippen LogP contribution in [0.5, 0.6) is 0 Å². The molecule has 8 nitrogen and oxygen atoms in total. The van der Waals surface area contributed by atoms with Crippen LogP contribution in [-0.4, -0.2) is 77.4 Å². The Morgan fingerprint density at radius 2 is 2.14 bits per heavy atom. The lowest BCUT2D eigenvalue weighted by Crippen LogP contribution is -2.53. The van der Waals surface area contributed by atoms with Crippen molar-refractivity contribution in [2.75, 3.05) is 43.1 Å². The summed E-state index contributed by atoms with van der Waals surface area (Å²) < 4.78 is 24.2. The smallest absolute Gasteiger partial charge is 0.177 e. The summed E-state index contributed by atoms with van der Waals surface area (Å²) in [6.45, 7) is 5.21. The van der Waals surface area contributed by atoms with Crippen molar-refractivity contribution in [3.05, 3.63) is 18.5 Å². The SMILES string of the molecule is CC1CN(CCS(C)(=O)=O)CCN1c1ccc2nncn2n1. The lowest BCUT2D eigenvalue weighted by atomic mass is 10.2. The first-order valence-corrected chi connectivity index (χ1v) is 9.32. The highest BCUT2D eigenvalue weighted by atomic mass is 32.2. The number of piperazine rings is 1. The summed E-state index contributed by atoms with van der Waals surface area (Å²) in [6.07, 6.45) is 2.87. The lowest BCUT2D eigenvalue weighted by Gasteiger charge is -2.40. The van der Waals surface area contributed by atoms with Crippen molar-refractivity contribution in [3.63, 3.8) is 0 Å². The topological polar surface area (TPSA) is 83.7 Å². The number of anilines is 1. The Bertz CT molecular complexity index is 759. The van der Waals surface area contributed by atoms with Gasteiger partial charge in [-0.15, -0.1) is 15.3 Å². The fourth-order valence-electron chi connectivity index (χ4n) is 2.74. The van der Waals surface area contributed by atoms with Gasteiger partial charge in [-0.05, 0) is 19.1 Å². The molecule has 22 heavy (non-hydrogen) atoms. The average molecular weight is 324 g/mol. The third-order valence-corrected chi connectivity index (χ3v) is 4.86. The van der Waals surface area contributed by atoms with E-state index in [0.29, 0.717) is 6.54 Å². The Morgan fingerprint density at radius 1 is 1.32 bits per heavy atom. The molecule has 3 rings (SSSR count). The molecule has 0 N–H and O–H groups in total. The van der Waals surface area contributed by atoms with E-state index in [4.69, 9.17) is 0 Å². The minimum absolute atomic E-state index is 0.213. The molecule has 0 amide bonds. The summed E-state index contributed by atoms with van der Waals surface area (Å²) in [5.41, 5.74) is 0.725. The summed E-state index contributed by atoms with van der Waals surface area (Å²) in [4.78, 5) is 4.43. The van der Waals surface area contributed by atoms with Gasteiger partial charge in [0.15, 0.2) is 5.65 Å². The minimum Gasteiger partial charge on any atom is -0.350 e. The molecule has 1 saturated heterocycles. The van der Waals surface area contributed by atoms with Gasteiger partial charge in [0.2, 0.25) is 0 Å². The van der Waals surface area contributed by atoms with Crippen molar-refractivity contribution in [2.24, 2.45) is 0 Å². The van der Waals surface area contributed by atoms with Crippen LogP contribution < -0.4 is 4.90 Å². The van der Waals surface area contributed by atoms with E-state index in [2.05, 4.69) is 32.0 Å². The molecule has 9 heteroatoms. The van der Waals surface area contributed by atoms with E-state index in [0.717, 1.165) is 31.1 Å². The normalized spacial score (nSPS) is 20.6. The van der Waals surface area contributed by atoms with Gasteiger partial charge in [-0.2, -0.15) is 4.52 Å². The van der Waals surface area contributed by atoms with Crippen LogP contribution in [0, 0.1) is 0 Å². The molecule has 0 bridgehead atoms. The molecular weight excluding hydrogens is 304 g/mol. The van der Waals surface area contributed by atoms with Crippen LogP contribution in [0.4, 0.5) is 5.82 Å². The van der Waals surface area contributed by atoms with E-state index in [1.54, 1.807) is 10.8 Å². The summed E-state index contributed by atoms with van der Waals surface area (Å²) in [7, 11) is -2.91. The standard InChI is InChI=1S/C13H20N6O2S/c1-11-9-17(7-8-22(2,20)21)5-6-18(11)13-4-3-12-15-14-10-19(12)16-13/h3-4,10-11H,5-9H2,1-2H3. The number of hydrogen-bond donors (Lipinski definition) is 0. The third-order valence-electron chi connectivity index (χ3n) is 3.93. The molecule has 2 aromatic rings. The first-order valence-electron chi connectivity index (χ1n) is 7.26. The van der Waals surface area contributed by atoms with E-state index in [9.17, 15) is 8.42 Å². The predicted molar refractivity (Wildman–Crippen MR) is 83.7 cm³/mol. The second-order valence-corrected chi connectivity index (χ2v) is 8.06. The maximum atomic E-state index is 11.3. The molecule has 1 aliphatic heterocycles. The second kappa shape index (κ2) is 5.81. The average Bonchev–Trinajstić information content (AvgIpc) is 2.92. The molecule has 120 valence electrons. The molecule has 1 atom stereocenters. The first kappa shape index (κ1) is 15.2. The fourth-order valence-corrected chi connectivity index (χ4v) is 3.33. The van der Waals surface area contributed by atoms with Crippen molar-refractivity contribution < 1.29 is 8.42 Å². The minimum atomic E-state index is -2.91. The molecule has 1 unspecified atom stereocenters. The summed E-state index contributed by atoms with van der Waals surface area (Å²) >= 11 is 0. The van der Waals surface area contributed by atoms with E-state index in [1.165, 1.54) is 6.26 Å². The van der Waals surface area contributed by atoms with Gasteiger partial charge in [-0.1, -0.05) is 0 Å². The van der Waals surface area contributed by atoms with Crippen molar-refractivity contribution in [1.29, 1.82) is 0 Å². The van der Waals surface area contributed by atoms with E-state index < -0.39 is 9.84 Å². The third kappa shape index (κ3) is 3.36. The van der Waals surface area contributed by atoms with Crippen LogP contribution in [0.2, 0.25) is 0 Å². The highest BCUT2D eigenvalue weighted by Gasteiger charge is 2.25. The summed E-state index contributed by atoms with van der Waals surface area (Å²) in [5, 5.41) is 12.3. The lowest BCUT2D eigenvalue weighted by molar-refractivity contribution is 0.239. The molecular formula is C13H20N6O2S. The molecule has 0 aromatic carbocycles. The van der Waals surface area contributed by atoms with Crippen LogP contribution >= 0.6 is 0 Å². The zero-order valence-electron chi connectivity index (χ0n) is 12.8. The van der Waals surface area contributed by atoms with Crippen molar-refractivity contribution in [1.82, 2.24) is 24.7 Å². The zero-order valence-corrected chi connectivity index (χ0v) is 13.6. The Labute approximate surface area is 129 Å². The molecule has 0 spiro atoms. The van der Waals surface area contributed by atoms with Gasteiger partial charge >= 0.3 is 0 Å². The fraction of sp³-hybridized carbons (Fsp3) is 0.615. The Morgan fingerprint density at radius 3 is 2.86 bits per heavy atom. The number of fused-ring (bicyclic) bond motifs is 1. The van der Waals surface area contributed by atoms with Crippen molar-refractivity contribution >= 4 is 21.3 Å². The Balaban J connectivity index is 1.67. The molecule has 0 radical (unpaired) electrons. The van der Waals surface area contributed by atoms with Gasteiger partial charge in [0.1, 0.15) is 22.0 Å². The van der Waals surface area contributed by atoms with Gasteiger partial charge in [-0.25, -0.2) is 8.42 Å². The highest BCUT2D eigenvalue weighted by Crippen LogP contribution is 2.18. The largest absolute Gasteiger partial charge is 0.350 e. The molecule has 1 fully saturated rings. The van der Waals surface area contributed by atoms with E-state index in [1.807, 2.05) is 12.1 Å². The summed E-state index contributed by atoms with van der Waals surface area (Å²) in [5.74, 6) is 1.10. The van der Waals surface area contributed by atoms with Gasteiger partial charge in [0.05, 0.1) is 5.75 Å².